The van der Waals surface area contributed by atoms with Crippen LogP contribution >= 0.6 is 0 Å². The molecule has 10 heteroatoms. The Morgan fingerprint density at radius 1 is 1.10 bits per heavy atom. The minimum atomic E-state index is -0.649. The standard InChI is InChI=1S/C29H41N7O3/c1-16(2)36-23(11-12-32-36)28(38)34-27(26(18-5-6-18)19-7-8-19)29(39)33-20-9-10-21-22(31-15-17(3)30)14-25(37)35(4)24(21)13-20/h9-13,16-19,22,26-27,31H,5-8,14-15,30H2,1-4H3,(H,33,39)(H,34,38)/t17-,22?,27+/m1/s1. The van der Waals surface area contributed by atoms with Crippen molar-refractivity contribution in [1.29, 1.82) is 0 Å². The lowest BCUT2D eigenvalue weighted by Gasteiger charge is -2.33. The molecule has 2 heterocycles. The molecule has 1 unspecified atom stereocenters. The van der Waals surface area contributed by atoms with Crippen LogP contribution < -0.4 is 26.6 Å². The van der Waals surface area contributed by atoms with Crippen LogP contribution in [0, 0.1) is 17.8 Å². The highest BCUT2D eigenvalue weighted by atomic mass is 16.2. The van der Waals surface area contributed by atoms with Crippen molar-refractivity contribution in [1.82, 2.24) is 20.4 Å². The molecule has 39 heavy (non-hydrogen) atoms. The lowest BCUT2D eigenvalue weighted by molar-refractivity contribution is -0.120. The highest BCUT2D eigenvalue weighted by Crippen LogP contribution is 2.51. The van der Waals surface area contributed by atoms with Gasteiger partial charge in [-0.15, -0.1) is 0 Å². The third-order valence-electron chi connectivity index (χ3n) is 8.15. The van der Waals surface area contributed by atoms with E-state index in [-0.39, 0.29) is 41.8 Å². The first kappa shape index (κ1) is 27.3. The zero-order valence-electron chi connectivity index (χ0n) is 23.3. The van der Waals surface area contributed by atoms with Gasteiger partial charge in [-0.2, -0.15) is 5.10 Å². The first-order valence-corrected chi connectivity index (χ1v) is 14.2. The summed E-state index contributed by atoms with van der Waals surface area (Å²) in [6, 6.07) is 6.59. The third kappa shape index (κ3) is 6.01. The van der Waals surface area contributed by atoms with Crippen LogP contribution in [0.1, 0.15) is 81.0 Å². The predicted octanol–water partition coefficient (Wildman–Crippen LogP) is 2.98. The molecule has 1 aliphatic heterocycles. The largest absolute Gasteiger partial charge is 0.339 e. The van der Waals surface area contributed by atoms with Crippen molar-refractivity contribution in [3.05, 3.63) is 41.7 Å². The zero-order valence-corrected chi connectivity index (χ0v) is 23.3. The number of carbonyl (C=O) groups excluding carboxylic acids is 3. The van der Waals surface area contributed by atoms with Gasteiger partial charge in [-0.1, -0.05) is 6.07 Å². The molecule has 5 rings (SSSR count). The summed E-state index contributed by atoms with van der Waals surface area (Å²) >= 11 is 0. The molecule has 0 saturated heterocycles. The maximum atomic E-state index is 13.8. The highest BCUT2D eigenvalue weighted by molar-refractivity contribution is 6.02. The van der Waals surface area contributed by atoms with E-state index >= 15 is 0 Å². The van der Waals surface area contributed by atoms with E-state index in [1.54, 1.807) is 28.9 Å². The second kappa shape index (κ2) is 11.1. The number of hydrogen-bond acceptors (Lipinski definition) is 6. The molecule has 0 bridgehead atoms. The van der Waals surface area contributed by atoms with Gasteiger partial charge in [-0.3, -0.25) is 19.1 Å². The van der Waals surface area contributed by atoms with E-state index in [0.29, 0.717) is 36.2 Å². The first-order valence-electron chi connectivity index (χ1n) is 14.2. The second-order valence-corrected chi connectivity index (χ2v) is 11.8. The summed E-state index contributed by atoms with van der Waals surface area (Å²) in [7, 11) is 1.76. The molecule has 0 radical (unpaired) electrons. The van der Waals surface area contributed by atoms with Crippen molar-refractivity contribution in [2.24, 2.45) is 23.5 Å². The summed E-state index contributed by atoms with van der Waals surface area (Å²) < 4.78 is 1.68. The molecule has 5 N–H and O–H groups in total. The fourth-order valence-electron chi connectivity index (χ4n) is 5.84. The Morgan fingerprint density at radius 3 is 2.41 bits per heavy atom. The van der Waals surface area contributed by atoms with Gasteiger partial charge in [0, 0.05) is 50.0 Å². The Bertz CT molecular complexity index is 1220. The first-order chi connectivity index (χ1) is 18.6. The van der Waals surface area contributed by atoms with E-state index in [2.05, 4.69) is 21.0 Å². The number of carbonyl (C=O) groups is 3. The third-order valence-corrected chi connectivity index (χ3v) is 8.15. The van der Waals surface area contributed by atoms with E-state index in [9.17, 15) is 14.4 Å². The van der Waals surface area contributed by atoms with Crippen LogP contribution in [0.3, 0.4) is 0 Å². The van der Waals surface area contributed by atoms with Crippen LogP contribution in [0.15, 0.2) is 30.5 Å². The SMILES string of the molecule is CC(C)n1nccc1C(=O)N[C@H](C(=O)Nc1ccc2c(c1)N(C)C(=O)CC2NC[C@@H](C)N)C(C1CC1)C1CC1. The lowest BCUT2D eigenvalue weighted by Crippen LogP contribution is -2.50. The molecule has 3 amide bonds. The Kier molecular flexibility index (Phi) is 7.77. The van der Waals surface area contributed by atoms with Crippen molar-refractivity contribution >= 4 is 29.1 Å². The molecule has 10 nitrogen and oxygen atoms in total. The topological polar surface area (TPSA) is 134 Å². The van der Waals surface area contributed by atoms with Gasteiger partial charge < -0.3 is 26.6 Å². The molecule has 3 atom stereocenters. The van der Waals surface area contributed by atoms with Gasteiger partial charge in [-0.05, 0) is 88.0 Å². The van der Waals surface area contributed by atoms with Crippen LogP contribution in [0.25, 0.3) is 0 Å². The smallest absolute Gasteiger partial charge is 0.270 e. The number of nitrogens with one attached hydrogen (secondary N) is 3. The number of amides is 3. The molecular formula is C29H41N7O3. The van der Waals surface area contributed by atoms with Crippen LogP contribution in [-0.4, -0.2) is 53.2 Å². The number of nitrogens with zero attached hydrogens (tertiary/aromatic N) is 3. The Morgan fingerprint density at radius 2 is 1.79 bits per heavy atom. The Labute approximate surface area is 230 Å². The van der Waals surface area contributed by atoms with Gasteiger partial charge in [0.1, 0.15) is 11.7 Å². The van der Waals surface area contributed by atoms with E-state index < -0.39 is 6.04 Å². The average Bonchev–Trinajstić information content (AvgIpc) is 3.84. The average molecular weight is 536 g/mol. The molecule has 1 aromatic heterocycles. The van der Waals surface area contributed by atoms with Crippen LogP contribution in [-0.2, 0) is 9.59 Å². The van der Waals surface area contributed by atoms with E-state index in [1.807, 2.05) is 39.0 Å². The highest BCUT2D eigenvalue weighted by Gasteiger charge is 2.48. The minimum Gasteiger partial charge on any atom is -0.339 e. The number of fused-ring (bicyclic) bond motifs is 1. The number of aromatic nitrogens is 2. The quantitative estimate of drug-likeness (QED) is 0.350. The monoisotopic (exact) mass is 535 g/mol. The van der Waals surface area contributed by atoms with Crippen LogP contribution in [0.4, 0.5) is 11.4 Å². The van der Waals surface area contributed by atoms with Crippen molar-refractivity contribution in [3.63, 3.8) is 0 Å². The summed E-state index contributed by atoms with van der Waals surface area (Å²) in [5.41, 5.74) is 8.73. The molecule has 2 aromatic rings. The van der Waals surface area contributed by atoms with E-state index in [0.717, 1.165) is 36.9 Å². The van der Waals surface area contributed by atoms with Gasteiger partial charge >= 0.3 is 0 Å². The maximum Gasteiger partial charge on any atom is 0.270 e. The molecular weight excluding hydrogens is 494 g/mol. The number of rotatable bonds is 11. The molecule has 1 aromatic carbocycles. The minimum absolute atomic E-state index is 0.00239. The predicted molar refractivity (Wildman–Crippen MR) is 150 cm³/mol. The van der Waals surface area contributed by atoms with E-state index in [4.69, 9.17) is 5.73 Å². The van der Waals surface area contributed by atoms with Crippen LogP contribution in [0.2, 0.25) is 0 Å². The Balaban J connectivity index is 1.38. The Hall–Kier alpha value is -3.24. The molecule has 2 fully saturated rings. The maximum absolute atomic E-state index is 13.8. The number of nitrogens with two attached hydrogens (primary N) is 1. The van der Waals surface area contributed by atoms with Crippen molar-refractivity contribution < 1.29 is 14.4 Å². The summed E-state index contributed by atoms with van der Waals surface area (Å²) in [4.78, 5) is 41.6. The second-order valence-electron chi connectivity index (χ2n) is 11.8. The molecule has 210 valence electrons. The van der Waals surface area contributed by atoms with Gasteiger partial charge in [0.25, 0.3) is 5.91 Å². The van der Waals surface area contributed by atoms with Gasteiger partial charge in [0.15, 0.2) is 0 Å². The summed E-state index contributed by atoms with van der Waals surface area (Å²) in [5.74, 6) is 0.506. The summed E-state index contributed by atoms with van der Waals surface area (Å²) in [6.07, 6.45) is 6.33. The number of benzene rings is 1. The van der Waals surface area contributed by atoms with Crippen molar-refractivity contribution in [2.75, 3.05) is 23.8 Å². The fourth-order valence-corrected chi connectivity index (χ4v) is 5.84. The number of hydrogen-bond donors (Lipinski definition) is 4. The van der Waals surface area contributed by atoms with Gasteiger partial charge in [0.05, 0.1) is 5.69 Å². The summed E-state index contributed by atoms with van der Waals surface area (Å²) in [5, 5.41) is 13.8. The molecule has 3 aliphatic rings. The number of anilines is 2. The lowest BCUT2D eigenvalue weighted by atomic mass is 9.88. The van der Waals surface area contributed by atoms with E-state index in [1.165, 1.54) is 0 Å². The van der Waals surface area contributed by atoms with Gasteiger partial charge in [0.2, 0.25) is 11.8 Å². The van der Waals surface area contributed by atoms with Gasteiger partial charge in [-0.25, -0.2) is 0 Å². The van der Waals surface area contributed by atoms with Crippen LogP contribution in [0.5, 0.6) is 0 Å². The van der Waals surface area contributed by atoms with Crippen molar-refractivity contribution in [2.45, 2.75) is 77.0 Å². The molecule has 2 saturated carbocycles. The molecule has 0 spiro atoms. The fraction of sp³-hybridized carbons (Fsp3) is 0.586. The summed E-state index contributed by atoms with van der Waals surface area (Å²) in [6.45, 7) is 6.46. The van der Waals surface area contributed by atoms with Crippen molar-refractivity contribution in [3.8, 4) is 0 Å². The zero-order chi connectivity index (χ0) is 27.8. The molecule has 2 aliphatic carbocycles. The normalized spacial score (nSPS) is 20.6.